The van der Waals surface area contributed by atoms with Crippen LogP contribution in [0.15, 0.2) is 30.3 Å². The van der Waals surface area contributed by atoms with Gasteiger partial charge in [0.1, 0.15) is 0 Å². The maximum atomic E-state index is 5.90. The summed E-state index contributed by atoms with van der Waals surface area (Å²) in [6.07, 6.45) is 0. The second kappa shape index (κ2) is 8.34. The van der Waals surface area contributed by atoms with Crippen molar-refractivity contribution in [2.75, 3.05) is 19.6 Å². The summed E-state index contributed by atoms with van der Waals surface area (Å²) in [4.78, 5) is 0. The van der Waals surface area contributed by atoms with Crippen LogP contribution in [0.5, 0.6) is 0 Å². The Bertz CT molecular complexity index is 324. The van der Waals surface area contributed by atoms with Crippen molar-refractivity contribution < 1.29 is 0 Å². The predicted octanol–water partition coefficient (Wildman–Crippen LogP) is 3.25. The summed E-state index contributed by atoms with van der Waals surface area (Å²) in [6, 6.07) is 10.6. The Balaban J connectivity index is 2.46. The maximum absolute atomic E-state index is 5.90. The van der Waals surface area contributed by atoms with E-state index < -0.39 is 0 Å². The monoisotopic (exact) mass is 262 g/mol. The summed E-state index contributed by atoms with van der Waals surface area (Å²) < 4.78 is 0. The first kappa shape index (κ1) is 16.2. The van der Waals surface area contributed by atoms with Crippen molar-refractivity contribution in [1.29, 1.82) is 0 Å². The van der Waals surface area contributed by atoms with E-state index >= 15 is 0 Å². The fourth-order valence-electron chi connectivity index (χ4n) is 2.73. The summed E-state index contributed by atoms with van der Waals surface area (Å²) in [5.74, 6) is 2.59. The lowest BCUT2D eigenvalue weighted by Gasteiger charge is -2.26. The lowest BCUT2D eigenvalue weighted by molar-refractivity contribution is 0.274. The van der Waals surface area contributed by atoms with Crippen LogP contribution in [0.3, 0.4) is 0 Å². The quantitative estimate of drug-likeness (QED) is 0.755. The molecule has 0 bridgehead atoms. The van der Waals surface area contributed by atoms with Gasteiger partial charge in [-0.15, -0.1) is 0 Å². The SMILES string of the molecule is CC(C)C(CNCC(CN)c1ccccc1)C(C)C. The molecule has 2 heteroatoms. The van der Waals surface area contributed by atoms with Gasteiger partial charge in [0.15, 0.2) is 0 Å². The molecule has 0 aliphatic rings. The maximum Gasteiger partial charge on any atom is 0.00863 e. The number of hydrogen-bond donors (Lipinski definition) is 2. The van der Waals surface area contributed by atoms with Gasteiger partial charge in [-0.05, 0) is 29.9 Å². The molecule has 19 heavy (non-hydrogen) atoms. The lowest BCUT2D eigenvalue weighted by atomic mass is 9.85. The number of nitrogens with one attached hydrogen (secondary N) is 1. The minimum atomic E-state index is 0.418. The average molecular weight is 262 g/mol. The van der Waals surface area contributed by atoms with Crippen molar-refractivity contribution in [2.24, 2.45) is 23.5 Å². The van der Waals surface area contributed by atoms with Gasteiger partial charge >= 0.3 is 0 Å². The molecule has 0 aliphatic carbocycles. The Hall–Kier alpha value is -0.860. The molecule has 0 aromatic heterocycles. The number of nitrogens with two attached hydrogens (primary N) is 1. The Morgan fingerprint density at radius 2 is 1.53 bits per heavy atom. The third-order valence-corrected chi connectivity index (χ3v) is 4.04. The Morgan fingerprint density at radius 1 is 0.947 bits per heavy atom. The van der Waals surface area contributed by atoms with E-state index in [-0.39, 0.29) is 0 Å². The topological polar surface area (TPSA) is 38.0 Å². The van der Waals surface area contributed by atoms with Crippen molar-refractivity contribution >= 4 is 0 Å². The molecule has 0 saturated carbocycles. The van der Waals surface area contributed by atoms with Crippen molar-refractivity contribution in [3.8, 4) is 0 Å². The van der Waals surface area contributed by atoms with Gasteiger partial charge in [0.25, 0.3) is 0 Å². The molecule has 1 aromatic rings. The molecule has 2 nitrogen and oxygen atoms in total. The van der Waals surface area contributed by atoms with Gasteiger partial charge in [-0.1, -0.05) is 58.0 Å². The summed E-state index contributed by atoms with van der Waals surface area (Å²) in [6.45, 7) is 12.0. The predicted molar refractivity (Wildman–Crippen MR) is 84.3 cm³/mol. The molecule has 0 radical (unpaired) electrons. The van der Waals surface area contributed by atoms with E-state index in [4.69, 9.17) is 5.73 Å². The molecule has 108 valence electrons. The van der Waals surface area contributed by atoms with E-state index in [1.165, 1.54) is 5.56 Å². The molecule has 1 aromatic carbocycles. The van der Waals surface area contributed by atoms with Crippen LogP contribution >= 0.6 is 0 Å². The molecule has 1 unspecified atom stereocenters. The molecule has 0 amide bonds. The van der Waals surface area contributed by atoms with E-state index in [9.17, 15) is 0 Å². The molecular weight excluding hydrogens is 232 g/mol. The molecule has 1 rings (SSSR count). The first-order chi connectivity index (χ1) is 9.06. The van der Waals surface area contributed by atoms with Crippen molar-refractivity contribution in [3.63, 3.8) is 0 Å². The highest BCUT2D eigenvalue weighted by Crippen LogP contribution is 2.20. The second-order valence-electron chi connectivity index (χ2n) is 6.15. The third kappa shape index (κ3) is 5.33. The van der Waals surface area contributed by atoms with Crippen molar-refractivity contribution in [1.82, 2.24) is 5.32 Å². The third-order valence-electron chi connectivity index (χ3n) is 4.04. The van der Waals surface area contributed by atoms with Crippen molar-refractivity contribution in [3.05, 3.63) is 35.9 Å². The highest BCUT2D eigenvalue weighted by molar-refractivity contribution is 5.20. The summed E-state index contributed by atoms with van der Waals surface area (Å²) in [5, 5.41) is 3.62. The lowest BCUT2D eigenvalue weighted by Crippen LogP contribution is -2.34. The Labute approximate surface area is 118 Å². The molecule has 3 N–H and O–H groups in total. The van der Waals surface area contributed by atoms with E-state index in [1.807, 2.05) is 0 Å². The van der Waals surface area contributed by atoms with E-state index in [0.29, 0.717) is 12.5 Å². The number of hydrogen-bond acceptors (Lipinski definition) is 2. The molecule has 0 heterocycles. The minimum absolute atomic E-state index is 0.418. The first-order valence-electron chi connectivity index (χ1n) is 7.52. The highest BCUT2D eigenvalue weighted by atomic mass is 14.9. The van der Waals surface area contributed by atoms with Crippen molar-refractivity contribution in [2.45, 2.75) is 33.6 Å². The molecule has 0 saturated heterocycles. The molecular formula is C17H30N2. The van der Waals surface area contributed by atoms with Gasteiger partial charge in [-0.2, -0.15) is 0 Å². The van der Waals surface area contributed by atoms with Crippen LogP contribution in [0.2, 0.25) is 0 Å². The van der Waals surface area contributed by atoms with Crippen LogP contribution in [0.4, 0.5) is 0 Å². The fourth-order valence-corrected chi connectivity index (χ4v) is 2.73. The average Bonchev–Trinajstić information content (AvgIpc) is 2.39. The zero-order chi connectivity index (χ0) is 14.3. The molecule has 0 spiro atoms. The van der Waals surface area contributed by atoms with Crippen LogP contribution in [-0.4, -0.2) is 19.6 Å². The Kier molecular flexibility index (Phi) is 7.11. The highest BCUT2D eigenvalue weighted by Gasteiger charge is 2.17. The zero-order valence-electron chi connectivity index (χ0n) is 12.9. The van der Waals surface area contributed by atoms with Crippen LogP contribution < -0.4 is 11.1 Å². The first-order valence-corrected chi connectivity index (χ1v) is 7.52. The van der Waals surface area contributed by atoms with Gasteiger partial charge in [-0.25, -0.2) is 0 Å². The number of benzene rings is 1. The Morgan fingerprint density at radius 3 is 2.00 bits per heavy atom. The smallest absolute Gasteiger partial charge is 0.00863 e. The molecule has 0 fully saturated rings. The fraction of sp³-hybridized carbons (Fsp3) is 0.647. The molecule has 1 atom stereocenters. The van der Waals surface area contributed by atoms with Crippen LogP contribution in [0.1, 0.15) is 39.2 Å². The van der Waals surface area contributed by atoms with Gasteiger partial charge in [0, 0.05) is 19.0 Å². The van der Waals surface area contributed by atoms with Crippen LogP contribution in [0, 0.1) is 17.8 Å². The van der Waals surface area contributed by atoms with Crippen LogP contribution in [0.25, 0.3) is 0 Å². The second-order valence-corrected chi connectivity index (χ2v) is 6.15. The molecule has 0 aliphatic heterocycles. The largest absolute Gasteiger partial charge is 0.330 e. The van der Waals surface area contributed by atoms with Gasteiger partial charge in [0.2, 0.25) is 0 Å². The summed E-state index contributed by atoms with van der Waals surface area (Å²) in [7, 11) is 0. The summed E-state index contributed by atoms with van der Waals surface area (Å²) in [5.41, 5.74) is 7.24. The van der Waals surface area contributed by atoms with Gasteiger partial charge in [0.05, 0.1) is 0 Å². The van der Waals surface area contributed by atoms with Crippen LogP contribution in [-0.2, 0) is 0 Å². The minimum Gasteiger partial charge on any atom is -0.330 e. The van der Waals surface area contributed by atoms with E-state index in [1.54, 1.807) is 0 Å². The normalized spacial score (nSPS) is 13.5. The number of rotatable bonds is 8. The zero-order valence-corrected chi connectivity index (χ0v) is 12.9. The van der Waals surface area contributed by atoms with E-state index in [2.05, 4.69) is 63.3 Å². The van der Waals surface area contributed by atoms with Gasteiger partial charge < -0.3 is 11.1 Å². The standard InChI is InChI=1S/C17H30N2/c1-13(2)17(14(3)4)12-19-11-16(10-18)15-8-6-5-7-9-15/h5-9,13-14,16-17,19H,10-12,18H2,1-4H3. The summed E-state index contributed by atoms with van der Waals surface area (Å²) >= 11 is 0. The van der Waals surface area contributed by atoms with Gasteiger partial charge in [-0.3, -0.25) is 0 Å². The van der Waals surface area contributed by atoms with E-state index in [0.717, 1.165) is 30.8 Å².